The normalized spacial score (nSPS) is 10.6. The molecular weight excluding hydrogens is 374 g/mol. The highest BCUT2D eigenvalue weighted by atomic mass is 32.1. The fourth-order valence-electron chi connectivity index (χ4n) is 2.92. The highest BCUT2D eigenvalue weighted by Crippen LogP contribution is 2.33. The first-order valence-corrected chi connectivity index (χ1v) is 9.40. The number of benzene rings is 2. The first-order valence-electron chi connectivity index (χ1n) is 8.52. The Balaban J connectivity index is 1.59. The number of pyridine rings is 1. The summed E-state index contributed by atoms with van der Waals surface area (Å²) in [5.41, 5.74) is 2.97. The maximum atomic E-state index is 12.7. The number of anilines is 1. The van der Waals surface area contributed by atoms with E-state index in [-0.39, 0.29) is 5.91 Å². The minimum atomic E-state index is -0.216. The molecule has 1 amide bonds. The van der Waals surface area contributed by atoms with E-state index in [2.05, 4.69) is 15.3 Å². The molecule has 4 rings (SSSR count). The standard InChI is InChI=1S/C21H17N3O3S/c1-26-18-8-7-13(11-19(18)27-2)17-12-28-21(23-17)24-20(25)15-9-10-22-16-6-4-3-5-14(15)16/h3-12H,1-2H3,(H,23,24,25). The van der Waals surface area contributed by atoms with Crippen LogP contribution in [0.1, 0.15) is 10.4 Å². The van der Waals surface area contributed by atoms with Gasteiger partial charge in [-0.15, -0.1) is 11.3 Å². The van der Waals surface area contributed by atoms with Gasteiger partial charge < -0.3 is 9.47 Å². The van der Waals surface area contributed by atoms with Crippen molar-refractivity contribution < 1.29 is 14.3 Å². The van der Waals surface area contributed by atoms with Crippen LogP contribution < -0.4 is 14.8 Å². The maximum Gasteiger partial charge on any atom is 0.258 e. The molecule has 0 saturated carbocycles. The second kappa shape index (κ2) is 7.66. The van der Waals surface area contributed by atoms with Gasteiger partial charge >= 0.3 is 0 Å². The van der Waals surface area contributed by atoms with Gasteiger partial charge in [0.05, 0.1) is 31.0 Å². The highest BCUT2D eigenvalue weighted by molar-refractivity contribution is 7.14. The van der Waals surface area contributed by atoms with E-state index in [4.69, 9.17) is 9.47 Å². The number of aromatic nitrogens is 2. The molecule has 0 aliphatic rings. The summed E-state index contributed by atoms with van der Waals surface area (Å²) >= 11 is 1.37. The number of thiazole rings is 1. The lowest BCUT2D eigenvalue weighted by atomic mass is 10.1. The van der Waals surface area contributed by atoms with Crippen LogP contribution in [0.2, 0.25) is 0 Å². The van der Waals surface area contributed by atoms with Crippen LogP contribution in [0.4, 0.5) is 5.13 Å². The number of ether oxygens (including phenoxy) is 2. The highest BCUT2D eigenvalue weighted by Gasteiger charge is 2.14. The summed E-state index contributed by atoms with van der Waals surface area (Å²) in [4.78, 5) is 21.6. The zero-order chi connectivity index (χ0) is 19.5. The lowest BCUT2D eigenvalue weighted by molar-refractivity contribution is 0.102. The van der Waals surface area contributed by atoms with Crippen molar-refractivity contribution in [2.24, 2.45) is 0 Å². The topological polar surface area (TPSA) is 73.3 Å². The molecular formula is C21H17N3O3S. The molecule has 0 fully saturated rings. The molecule has 0 aliphatic carbocycles. The van der Waals surface area contributed by atoms with Crippen LogP contribution in [0, 0.1) is 0 Å². The number of para-hydroxylation sites is 1. The van der Waals surface area contributed by atoms with Crippen molar-refractivity contribution in [2.75, 3.05) is 19.5 Å². The van der Waals surface area contributed by atoms with E-state index in [1.807, 2.05) is 47.8 Å². The number of hydrogen-bond donors (Lipinski definition) is 1. The van der Waals surface area contributed by atoms with Gasteiger partial charge in [-0.2, -0.15) is 0 Å². The molecule has 28 heavy (non-hydrogen) atoms. The predicted octanol–water partition coefficient (Wildman–Crippen LogP) is 4.63. The lowest BCUT2D eigenvalue weighted by Gasteiger charge is -2.08. The van der Waals surface area contributed by atoms with E-state index in [9.17, 15) is 4.79 Å². The zero-order valence-corrected chi connectivity index (χ0v) is 16.1. The third-order valence-electron chi connectivity index (χ3n) is 4.30. The Hall–Kier alpha value is -3.45. The number of nitrogens with zero attached hydrogens (tertiary/aromatic N) is 2. The number of methoxy groups -OCH3 is 2. The molecule has 2 heterocycles. The Labute approximate surface area is 165 Å². The Kier molecular flexibility index (Phi) is 4.90. The summed E-state index contributed by atoms with van der Waals surface area (Å²) in [6, 6.07) is 14.8. The van der Waals surface area contributed by atoms with E-state index in [1.54, 1.807) is 26.5 Å². The van der Waals surface area contributed by atoms with Crippen LogP contribution in [-0.4, -0.2) is 30.1 Å². The second-order valence-electron chi connectivity index (χ2n) is 5.94. The minimum absolute atomic E-state index is 0.216. The molecule has 6 nitrogen and oxygen atoms in total. The van der Waals surface area contributed by atoms with Gasteiger partial charge in [0, 0.05) is 22.5 Å². The van der Waals surface area contributed by atoms with Crippen LogP contribution in [-0.2, 0) is 0 Å². The van der Waals surface area contributed by atoms with Crippen LogP contribution >= 0.6 is 11.3 Å². The van der Waals surface area contributed by atoms with Gasteiger partial charge in [-0.05, 0) is 30.3 Å². The van der Waals surface area contributed by atoms with E-state index >= 15 is 0 Å². The van der Waals surface area contributed by atoms with Gasteiger partial charge in [0.2, 0.25) is 0 Å². The third kappa shape index (κ3) is 3.39. The predicted molar refractivity (Wildman–Crippen MR) is 110 cm³/mol. The van der Waals surface area contributed by atoms with Crippen LogP contribution in [0.3, 0.4) is 0 Å². The Morgan fingerprint density at radius 3 is 2.68 bits per heavy atom. The van der Waals surface area contributed by atoms with Crippen LogP contribution in [0.15, 0.2) is 60.1 Å². The molecule has 4 aromatic rings. The summed E-state index contributed by atoms with van der Waals surface area (Å²) in [7, 11) is 3.18. The average Bonchev–Trinajstić information content (AvgIpc) is 3.21. The van der Waals surface area contributed by atoms with Gasteiger partial charge in [0.25, 0.3) is 5.91 Å². The number of rotatable bonds is 5. The number of nitrogens with one attached hydrogen (secondary N) is 1. The van der Waals surface area contributed by atoms with E-state index in [1.165, 1.54) is 11.3 Å². The zero-order valence-electron chi connectivity index (χ0n) is 15.3. The third-order valence-corrected chi connectivity index (χ3v) is 5.06. The second-order valence-corrected chi connectivity index (χ2v) is 6.80. The van der Waals surface area contributed by atoms with Gasteiger partial charge in [0.15, 0.2) is 16.6 Å². The molecule has 0 aliphatic heterocycles. The monoisotopic (exact) mass is 391 g/mol. The molecule has 2 aromatic carbocycles. The van der Waals surface area contributed by atoms with E-state index < -0.39 is 0 Å². The minimum Gasteiger partial charge on any atom is -0.493 e. The average molecular weight is 391 g/mol. The Morgan fingerprint density at radius 1 is 1.04 bits per heavy atom. The molecule has 2 aromatic heterocycles. The van der Waals surface area contributed by atoms with Gasteiger partial charge in [-0.25, -0.2) is 4.98 Å². The number of carbonyl (C=O) groups excluding carboxylic acids is 1. The van der Waals surface area contributed by atoms with Crippen LogP contribution in [0.5, 0.6) is 11.5 Å². The molecule has 1 N–H and O–H groups in total. The largest absolute Gasteiger partial charge is 0.493 e. The first kappa shape index (κ1) is 17.9. The lowest BCUT2D eigenvalue weighted by Crippen LogP contribution is -2.12. The van der Waals surface area contributed by atoms with Crippen molar-refractivity contribution in [1.82, 2.24) is 9.97 Å². The maximum absolute atomic E-state index is 12.7. The molecule has 0 saturated heterocycles. The molecule has 0 bridgehead atoms. The van der Waals surface area contributed by atoms with Gasteiger partial charge in [-0.3, -0.25) is 15.1 Å². The molecule has 0 radical (unpaired) electrons. The van der Waals surface area contributed by atoms with Crippen molar-refractivity contribution in [3.63, 3.8) is 0 Å². The SMILES string of the molecule is COc1ccc(-c2csc(NC(=O)c3ccnc4ccccc34)n2)cc1OC. The molecule has 140 valence electrons. The molecule has 0 atom stereocenters. The number of amides is 1. The number of hydrogen-bond acceptors (Lipinski definition) is 6. The summed E-state index contributed by atoms with van der Waals surface area (Å²) in [5.74, 6) is 1.06. The molecule has 7 heteroatoms. The molecule has 0 unspecified atom stereocenters. The fraction of sp³-hybridized carbons (Fsp3) is 0.0952. The number of fused-ring (bicyclic) bond motifs is 1. The number of carbonyl (C=O) groups is 1. The summed E-state index contributed by atoms with van der Waals surface area (Å²) in [5, 5.41) is 6.10. The van der Waals surface area contributed by atoms with Crippen molar-refractivity contribution >= 4 is 33.3 Å². The van der Waals surface area contributed by atoms with Crippen molar-refractivity contribution in [3.8, 4) is 22.8 Å². The quantitative estimate of drug-likeness (QED) is 0.537. The Bertz CT molecular complexity index is 1150. The summed E-state index contributed by atoms with van der Waals surface area (Å²) in [6.07, 6.45) is 1.63. The first-order chi connectivity index (χ1) is 13.7. The van der Waals surface area contributed by atoms with Crippen LogP contribution in [0.25, 0.3) is 22.2 Å². The molecule has 0 spiro atoms. The van der Waals surface area contributed by atoms with E-state index in [0.29, 0.717) is 22.2 Å². The smallest absolute Gasteiger partial charge is 0.258 e. The van der Waals surface area contributed by atoms with Crippen molar-refractivity contribution in [1.29, 1.82) is 0 Å². The summed E-state index contributed by atoms with van der Waals surface area (Å²) < 4.78 is 10.6. The van der Waals surface area contributed by atoms with Gasteiger partial charge in [-0.1, -0.05) is 18.2 Å². The van der Waals surface area contributed by atoms with Gasteiger partial charge in [0.1, 0.15) is 0 Å². The summed E-state index contributed by atoms with van der Waals surface area (Å²) in [6.45, 7) is 0. The van der Waals surface area contributed by atoms with Crippen molar-refractivity contribution in [3.05, 3.63) is 65.7 Å². The van der Waals surface area contributed by atoms with Crippen molar-refractivity contribution in [2.45, 2.75) is 0 Å². The fourth-order valence-corrected chi connectivity index (χ4v) is 3.63. The Morgan fingerprint density at radius 2 is 1.86 bits per heavy atom. The van der Waals surface area contributed by atoms with E-state index in [0.717, 1.165) is 22.2 Å².